The molecule has 5 fully saturated rings. The largest absolute Gasteiger partial charge is 0.274 e. The molecule has 0 unspecified atom stereocenters. The minimum atomic E-state index is -0.0287. The zero-order chi connectivity index (χ0) is 15.2. The summed E-state index contributed by atoms with van der Waals surface area (Å²) in [5.74, 6) is 2.49. The summed E-state index contributed by atoms with van der Waals surface area (Å²) in [4.78, 5) is 27.5. The fraction of sp³-hybridized carbons (Fsp3) is 0.556. The predicted molar refractivity (Wildman–Crippen MR) is 86.2 cm³/mol. The van der Waals surface area contributed by atoms with Crippen molar-refractivity contribution in [3.8, 4) is 0 Å². The van der Waals surface area contributed by atoms with Gasteiger partial charge in [-0.3, -0.25) is 14.5 Å². The van der Waals surface area contributed by atoms with E-state index in [1.54, 1.807) is 0 Å². The molecule has 6 atom stereocenters. The lowest BCUT2D eigenvalue weighted by molar-refractivity contribution is -0.129. The summed E-state index contributed by atoms with van der Waals surface area (Å²) in [6.45, 7) is 1.99. The van der Waals surface area contributed by atoms with Gasteiger partial charge in [0.2, 0.25) is 11.8 Å². The Morgan fingerprint density at radius 1 is 1.00 bits per heavy atom. The van der Waals surface area contributed by atoms with Gasteiger partial charge in [-0.1, -0.05) is 15.9 Å². The van der Waals surface area contributed by atoms with Gasteiger partial charge in [-0.25, -0.2) is 0 Å². The average molecular weight is 360 g/mol. The molecule has 114 valence electrons. The lowest BCUT2D eigenvalue weighted by atomic mass is 9.59. The van der Waals surface area contributed by atoms with E-state index in [0.29, 0.717) is 11.8 Å². The summed E-state index contributed by atoms with van der Waals surface area (Å²) in [5.41, 5.74) is 1.80. The summed E-state index contributed by atoms with van der Waals surface area (Å²) in [6, 6.07) is 5.76. The van der Waals surface area contributed by atoms with Crippen molar-refractivity contribution >= 4 is 33.4 Å². The number of rotatable bonds is 1. The molecule has 1 aliphatic heterocycles. The van der Waals surface area contributed by atoms with Gasteiger partial charge in [-0.15, -0.1) is 0 Å². The Morgan fingerprint density at radius 2 is 1.59 bits per heavy atom. The first-order valence-electron chi connectivity index (χ1n) is 8.22. The van der Waals surface area contributed by atoms with Crippen LogP contribution >= 0.6 is 15.9 Å². The van der Waals surface area contributed by atoms with Crippen LogP contribution in [0.15, 0.2) is 22.7 Å². The van der Waals surface area contributed by atoms with Gasteiger partial charge in [0.25, 0.3) is 0 Å². The van der Waals surface area contributed by atoms with Crippen LogP contribution < -0.4 is 4.90 Å². The van der Waals surface area contributed by atoms with Gasteiger partial charge < -0.3 is 0 Å². The number of hydrogen-bond donors (Lipinski definition) is 0. The van der Waals surface area contributed by atoms with Crippen molar-refractivity contribution in [3.63, 3.8) is 0 Å². The topological polar surface area (TPSA) is 37.4 Å². The van der Waals surface area contributed by atoms with E-state index in [-0.39, 0.29) is 23.7 Å². The minimum Gasteiger partial charge on any atom is -0.274 e. The number of anilines is 1. The number of hydrogen-bond acceptors (Lipinski definition) is 2. The molecule has 0 N–H and O–H groups in total. The minimum absolute atomic E-state index is 0.0287. The summed E-state index contributed by atoms with van der Waals surface area (Å²) in [6.07, 6.45) is 3.57. The SMILES string of the molecule is Cc1cc(N2C(=O)[C@@H]3[C@@H]4CC[C@@H]([C@@H]5C[C@@H]54)[C@@H]3C2=O)ccc1Br. The molecule has 1 aromatic carbocycles. The Hall–Kier alpha value is -1.16. The number of nitrogens with zero attached hydrogens (tertiary/aromatic N) is 1. The fourth-order valence-electron chi connectivity index (χ4n) is 5.56. The first kappa shape index (κ1) is 13.3. The molecule has 22 heavy (non-hydrogen) atoms. The number of amides is 2. The van der Waals surface area contributed by atoms with E-state index >= 15 is 0 Å². The van der Waals surface area contributed by atoms with Crippen LogP contribution in [0.25, 0.3) is 0 Å². The van der Waals surface area contributed by atoms with Crippen LogP contribution in [0, 0.1) is 42.4 Å². The number of imide groups is 1. The highest BCUT2D eigenvalue weighted by Crippen LogP contribution is 2.68. The highest BCUT2D eigenvalue weighted by atomic mass is 79.9. The van der Waals surface area contributed by atoms with E-state index in [1.807, 2.05) is 25.1 Å². The zero-order valence-electron chi connectivity index (χ0n) is 12.5. The van der Waals surface area contributed by atoms with Gasteiger partial charge in [0, 0.05) is 4.47 Å². The van der Waals surface area contributed by atoms with Crippen molar-refractivity contribution in [2.24, 2.45) is 35.5 Å². The van der Waals surface area contributed by atoms with E-state index in [4.69, 9.17) is 0 Å². The normalized spacial score (nSPS) is 41.6. The van der Waals surface area contributed by atoms with Gasteiger partial charge in [0.15, 0.2) is 0 Å². The molecule has 1 aromatic rings. The van der Waals surface area contributed by atoms with E-state index in [9.17, 15) is 9.59 Å². The van der Waals surface area contributed by atoms with Crippen molar-refractivity contribution in [1.82, 2.24) is 0 Å². The zero-order valence-corrected chi connectivity index (χ0v) is 14.0. The Morgan fingerprint density at radius 3 is 2.14 bits per heavy atom. The smallest absolute Gasteiger partial charge is 0.237 e. The standard InChI is InChI=1S/C18H18BrNO2/c1-8-6-9(2-5-14(8)19)20-17(21)15-10-3-4-11(13-7-12(10)13)16(15)18(20)22/h2,5-6,10-13,15-16H,3-4,7H2,1H3/t10-,11+,12-,13+,15-,16+. The molecular weight excluding hydrogens is 342 g/mol. The number of aryl methyl sites for hydroxylation is 1. The first-order valence-corrected chi connectivity index (χ1v) is 9.01. The molecule has 3 nitrogen and oxygen atoms in total. The molecular formula is C18H18BrNO2. The van der Waals surface area contributed by atoms with Crippen molar-refractivity contribution in [3.05, 3.63) is 28.2 Å². The molecule has 5 aliphatic rings. The number of fused-ring (bicyclic) bond motifs is 1. The second-order valence-electron chi connectivity index (χ2n) is 7.47. The fourth-order valence-corrected chi connectivity index (χ4v) is 5.81. The number of benzene rings is 1. The first-order chi connectivity index (χ1) is 10.6. The second-order valence-corrected chi connectivity index (χ2v) is 8.32. The third kappa shape index (κ3) is 1.52. The molecule has 2 amide bonds. The molecule has 4 saturated carbocycles. The Kier molecular flexibility index (Phi) is 2.55. The van der Waals surface area contributed by atoms with Crippen molar-refractivity contribution < 1.29 is 9.59 Å². The van der Waals surface area contributed by atoms with E-state index in [0.717, 1.165) is 40.4 Å². The van der Waals surface area contributed by atoms with Crippen LogP contribution in [0.4, 0.5) is 5.69 Å². The van der Waals surface area contributed by atoms with Crippen LogP contribution in [0.2, 0.25) is 0 Å². The van der Waals surface area contributed by atoms with Gasteiger partial charge in [0.1, 0.15) is 0 Å². The van der Waals surface area contributed by atoms with Crippen LogP contribution in [0.3, 0.4) is 0 Å². The van der Waals surface area contributed by atoms with E-state index < -0.39 is 0 Å². The number of carbonyl (C=O) groups excluding carboxylic acids is 2. The van der Waals surface area contributed by atoms with Crippen LogP contribution in [0.5, 0.6) is 0 Å². The summed E-state index contributed by atoms with van der Waals surface area (Å²) in [7, 11) is 0. The van der Waals surface area contributed by atoms with Crippen molar-refractivity contribution in [1.29, 1.82) is 0 Å². The highest BCUT2D eigenvalue weighted by molar-refractivity contribution is 9.10. The maximum Gasteiger partial charge on any atom is 0.237 e. The summed E-state index contributed by atoms with van der Waals surface area (Å²) < 4.78 is 1.01. The third-order valence-corrected chi connectivity index (χ3v) is 7.43. The number of halogens is 1. The van der Waals surface area contributed by atoms with E-state index in [2.05, 4.69) is 15.9 Å². The van der Waals surface area contributed by atoms with Crippen molar-refractivity contribution in [2.75, 3.05) is 4.90 Å². The Bertz CT molecular complexity index is 681. The number of carbonyl (C=O) groups is 2. The maximum absolute atomic E-state index is 13.0. The van der Waals surface area contributed by atoms with Crippen LogP contribution in [-0.4, -0.2) is 11.8 Å². The summed E-state index contributed by atoms with van der Waals surface area (Å²) >= 11 is 3.48. The molecule has 6 rings (SSSR count). The third-order valence-electron chi connectivity index (χ3n) is 6.54. The van der Waals surface area contributed by atoms with Crippen LogP contribution in [0.1, 0.15) is 24.8 Å². The van der Waals surface area contributed by atoms with E-state index in [1.165, 1.54) is 11.3 Å². The lowest BCUT2D eigenvalue weighted by Gasteiger charge is -2.42. The van der Waals surface area contributed by atoms with Gasteiger partial charge in [0.05, 0.1) is 17.5 Å². The highest BCUT2D eigenvalue weighted by Gasteiger charge is 2.68. The lowest BCUT2D eigenvalue weighted by Crippen LogP contribution is -2.43. The van der Waals surface area contributed by atoms with Crippen LogP contribution in [-0.2, 0) is 9.59 Å². The maximum atomic E-state index is 13.0. The molecule has 1 heterocycles. The Balaban J connectivity index is 1.57. The molecule has 0 radical (unpaired) electrons. The quantitative estimate of drug-likeness (QED) is 0.719. The Labute approximate surface area is 138 Å². The molecule has 0 spiro atoms. The molecule has 2 bridgehead atoms. The molecule has 1 saturated heterocycles. The predicted octanol–water partition coefficient (Wildman–Crippen LogP) is 3.54. The molecule has 0 aromatic heterocycles. The van der Waals surface area contributed by atoms with Crippen molar-refractivity contribution in [2.45, 2.75) is 26.2 Å². The molecule has 4 aliphatic carbocycles. The van der Waals surface area contributed by atoms with Gasteiger partial charge in [-0.05, 0) is 73.6 Å². The monoisotopic (exact) mass is 359 g/mol. The van der Waals surface area contributed by atoms with Gasteiger partial charge >= 0.3 is 0 Å². The second kappa shape index (κ2) is 4.22. The van der Waals surface area contributed by atoms with Gasteiger partial charge in [-0.2, -0.15) is 0 Å². The molecule has 4 heteroatoms. The average Bonchev–Trinajstić information content (AvgIpc) is 3.28. The summed E-state index contributed by atoms with van der Waals surface area (Å²) in [5, 5.41) is 0.